The fourth-order valence-corrected chi connectivity index (χ4v) is 2.71. The Labute approximate surface area is 120 Å². The molecule has 1 aliphatic carbocycles. The molecule has 0 atom stereocenters. The molecule has 0 radical (unpaired) electrons. The first-order valence-electron chi connectivity index (χ1n) is 7.77. The molecule has 2 aliphatic rings. The van der Waals surface area contributed by atoms with Gasteiger partial charge in [0.25, 0.3) is 0 Å². The normalized spacial score (nSPS) is 19.1. The Bertz CT molecular complexity index is 453. The van der Waals surface area contributed by atoms with E-state index in [4.69, 9.17) is 5.73 Å². The lowest BCUT2D eigenvalue weighted by atomic mass is 10.1. The number of nitrogens with two attached hydrogens (primary N) is 1. The molecule has 1 aromatic rings. The molecule has 1 aromatic heterocycles. The summed E-state index contributed by atoms with van der Waals surface area (Å²) in [6.07, 6.45) is 6.37. The van der Waals surface area contributed by atoms with Crippen LogP contribution in [0.1, 0.15) is 39.0 Å². The van der Waals surface area contributed by atoms with Crippen LogP contribution in [0.2, 0.25) is 0 Å². The van der Waals surface area contributed by atoms with E-state index in [0.717, 1.165) is 44.0 Å². The van der Waals surface area contributed by atoms with Gasteiger partial charge in [-0.05, 0) is 44.9 Å². The third kappa shape index (κ3) is 3.11. The zero-order chi connectivity index (χ0) is 13.9. The Morgan fingerprint density at radius 1 is 1.15 bits per heavy atom. The molecule has 1 saturated carbocycles. The summed E-state index contributed by atoms with van der Waals surface area (Å²) >= 11 is 0. The van der Waals surface area contributed by atoms with Gasteiger partial charge in [-0.15, -0.1) is 0 Å². The van der Waals surface area contributed by atoms with Gasteiger partial charge in [0.05, 0.1) is 0 Å². The lowest BCUT2D eigenvalue weighted by molar-refractivity contribution is 0.567. The summed E-state index contributed by atoms with van der Waals surface area (Å²) < 4.78 is 0. The van der Waals surface area contributed by atoms with Crippen LogP contribution in [0.25, 0.3) is 0 Å². The molecule has 6 nitrogen and oxygen atoms in total. The molecule has 0 bridgehead atoms. The van der Waals surface area contributed by atoms with Gasteiger partial charge in [0.1, 0.15) is 0 Å². The number of hydrogen-bond donors (Lipinski definition) is 1. The Morgan fingerprint density at radius 2 is 1.90 bits per heavy atom. The van der Waals surface area contributed by atoms with Crippen LogP contribution >= 0.6 is 0 Å². The quantitative estimate of drug-likeness (QED) is 0.882. The molecule has 1 saturated heterocycles. The minimum absolute atomic E-state index is 0.338. The molecule has 3 rings (SSSR count). The zero-order valence-corrected chi connectivity index (χ0v) is 12.3. The summed E-state index contributed by atoms with van der Waals surface area (Å²) in [6.45, 7) is 6.15. The van der Waals surface area contributed by atoms with Crippen LogP contribution in [0.5, 0.6) is 0 Å². The molecular weight excluding hydrogens is 252 g/mol. The highest BCUT2D eigenvalue weighted by Gasteiger charge is 2.25. The van der Waals surface area contributed by atoms with Gasteiger partial charge in [0.15, 0.2) is 0 Å². The first kappa shape index (κ1) is 13.4. The second kappa shape index (κ2) is 5.81. The van der Waals surface area contributed by atoms with Crippen molar-refractivity contribution >= 4 is 17.8 Å². The number of nitrogen functional groups attached to an aromatic ring is 1. The molecule has 2 fully saturated rings. The number of hydrogen-bond acceptors (Lipinski definition) is 6. The number of aromatic nitrogens is 3. The topological polar surface area (TPSA) is 71.2 Å². The van der Waals surface area contributed by atoms with Crippen molar-refractivity contribution in [2.24, 2.45) is 5.92 Å². The van der Waals surface area contributed by atoms with Crippen LogP contribution in [0.15, 0.2) is 0 Å². The fourth-order valence-electron chi connectivity index (χ4n) is 2.71. The standard InChI is InChI=1S/C14H24N6/c1-2-19(10-11-6-7-11)13-16-12(15)17-14(18-13)20-8-4-3-5-9-20/h11H,2-10H2,1H3,(H2,15,16,17,18). The first-order chi connectivity index (χ1) is 9.76. The SMILES string of the molecule is CCN(CC1CC1)c1nc(N)nc(N2CCCCC2)n1. The van der Waals surface area contributed by atoms with Crippen LogP contribution in [0.3, 0.4) is 0 Å². The summed E-state index contributed by atoms with van der Waals surface area (Å²) in [7, 11) is 0. The lowest BCUT2D eigenvalue weighted by Crippen LogP contribution is -2.33. The molecular formula is C14H24N6. The molecule has 110 valence electrons. The fraction of sp³-hybridized carbons (Fsp3) is 0.786. The average molecular weight is 276 g/mol. The van der Waals surface area contributed by atoms with Crippen molar-refractivity contribution in [1.29, 1.82) is 0 Å². The second-order valence-electron chi connectivity index (χ2n) is 5.82. The highest BCUT2D eigenvalue weighted by Crippen LogP contribution is 2.31. The van der Waals surface area contributed by atoms with Gasteiger partial charge in [-0.3, -0.25) is 0 Å². The summed E-state index contributed by atoms with van der Waals surface area (Å²) in [5, 5.41) is 0. The van der Waals surface area contributed by atoms with E-state index in [1.807, 2.05) is 0 Å². The van der Waals surface area contributed by atoms with Crippen molar-refractivity contribution in [2.45, 2.75) is 39.0 Å². The predicted molar refractivity (Wildman–Crippen MR) is 80.9 cm³/mol. The van der Waals surface area contributed by atoms with Crippen LogP contribution in [-0.4, -0.2) is 41.1 Å². The molecule has 0 unspecified atom stereocenters. The predicted octanol–water partition coefficient (Wildman–Crippen LogP) is 1.68. The van der Waals surface area contributed by atoms with Crippen LogP contribution in [0, 0.1) is 5.92 Å². The van der Waals surface area contributed by atoms with Gasteiger partial charge < -0.3 is 15.5 Å². The number of piperidine rings is 1. The van der Waals surface area contributed by atoms with Gasteiger partial charge in [0, 0.05) is 26.2 Å². The Balaban J connectivity index is 1.80. The Morgan fingerprint density at radius 3 is 2.55 bits per heavy atom. The maximum atomic E-state index is 5.89. The molecule has 6 heteroatoms. The molecule has 20 heavy (non-hydrogen) atoms. The summed E-state index contributed by atoms with van der Waals surface area (Å²) in [5.41, 5.74) is 5.89. The zero-order valence-electron chi connectivity index (χ0n) is 12.3. The van der Waals surface area contributed by atoms with E-state index < -0.39 is 0 Å². The molecule has 0 spiro atoms. The summed E-state index contributed by atoms with van der Waals surface area (Å²) in [5.74, 6) is 2.64. The van der Waals surface area contributed by atoms with Crippen molar-refractivity contribution in [3.8, 4) is 0 Å². The highest BCUT2D eigenvalue weighted by atomic mass is 15.4. The molecule has 0 amide bonds. The lowest BCUT2D eigenvalue weighted by Gasteiger charge is -2.28. The van der Waals surface area contributed by atoms with E-state index in [0.29, 0.717) is 5.95 Å². The number of nitrogens with zero attached hydrogens (tertiary/aromatic N) is 5. The molecule has 2 heterocycles. The highest BCUT2D eigenvalue weighted by molar-refractivity contribution is 5.43. The monoisotopic (exact) mass is 276 g/mol. The van der Waals surface area contributed by atoms with E-state index in [1.165, 1.54) is 32.1 Å². The number of rotatable bonds is 5. The van der Waals surface area contributed by atoms with Gasteiger partial charge in [-0.25, -0.2) is 0 Å². The maximum absolute atomic E-state index is 5.89. The van der Waals surface area contributed by atoms with Crippen LogP contribution < -0.4 is 15.5 Å². The molecule has 1 aliphatic heterocycles. The van der Waals surface area contributed by atoms with E-state index in [9.17, 15) is 0 Å². The van der Waals surface area contributed by atoms with Crippen molar-refractivity contribution in [1.82, 2.24) is 15.0 Å². The minimum Gasteiger partial charge on any atom is -0.368 e. The van der Waals surface area contributed by atoms with Gasteiger partial charge in [-0.2, -0.15) is 15.0 Å². The van der Waals surface area contributed by atoms with E-state index in [-0.39, 0.29) is 0 Å². The largest absolute Gasteiger partial charge is 0.368 e. The van der Waals surface area contributed by atoms with Crippen LogP contribution in [-0.2, 0) is 0 Å². The Kier molecular flexibility index (Phi) is 3.89. The number of anilines is 3. The van der Waals surface area contributed by atoms with Crippen molar-refractivity contribution < 1.29 is 0 Å². The van der Waals surface area contributed by atoms with Gasteiger partial charge in [-0.1, -0.05) is 0 Å². The summed E-state index contributed by atoms with van der Waals surface area (Å²) in [6, 6.07) is 0. The molecule has 0 aromatic carbocycles. The smallest absolute Gasteiger partial charge is 0.231 e. The average Bonchev–Trinajstić information content (AvgIpc) is 3.29. The first-order valence-corrected chi connectivity index (χ1v) is 7.77. The summed E-state index contributed by atoms with van der Waals surface area (Å²) in [4.78, 5) is 17.8. The van der Waals surface area contributed by atoms with E-state index in [2.05, 4.69) is 31.7 Å². The van der Waals surface area contributed by atoms with Gasteiger partial charge in [0.2, 0.25) is 17.8 Å². The molecule has 2 N–H and O–H groups in total. The van der Waals surface area contributed by atoms with E-state index in [1.54, 1.807) is 0 Å². The van der Waals surface area contributed by atoms with Crippen LogP contribution in [0.4, 0.5) is 17.8 Å². The Hall–Kier alpha value is -1.59. The minimum atomic E-state index is 0.338. The van der Waals surface area contributed by atoms with Gasteiger partial charge >= 0.3 is 0 Å². The third-order valence-electron chi connectivity index (χ3n) is 4.11. The van der Waals surface area contributed by atoms with Crippen molar-refractivity contribution in [3.05, 3.63) is 0 Å². The maximum Gasteiger partial charge on any atom is 0.231 e. The second-order valence-corrected chi connectivity index (χ2v) is 5.82. The van der Waals surface area contributed by atoms with Crippen molar-refractivity contribution in [2.75, 3.05) is 41.7 Å². The van der Waals surface area contributed by atoms with Crippen molar-refractivity contribution in [3.63, 3.8) is 0 Å². The third-order valence-corrected chi connectivity index (χ3v) is 4.11. The van der Waals surface area contributed by atoms with E-state index >= 15 is 0 Å².